The molecule has 2 aromatic carbocycles. The molecule has 0 saturated heterocycles. The normalized spacial score (nSPS) is 10.3. The molecule has 0 atom stereocenters. The number of hydrogen-bond acceptors (Lipinski definition) is 3. The maximum Gasteiger partial charge on any atom is 0.163 e. The van der Waals surface area contributed by atoms with E-state index in [2.05, 4.69) is 0 Å². The number of benzene rings is 2. The largest absolute Gasteiger partial charge is 0.497 e. The van der Waals surface area contributed by atoms with Crippen molar-refractivity contribution >= 4 is 5.78 Å². The fourth-order valence-corrected chi connectivity index (χ4v) is 1.83. The summed E-state index contributed by atoms with van der Waals surface area (Å²) in [4.78, 5) is 11.5. The highest BCUT2D eigenvalue weighted by Gasteiger charge is 2.11. The average molecular weight is 292 g/mol. The van der Waals surface area contributed by atoms with Crippen LogP contribution in [0, 0.1) is 11.6 Å². The molecule has 0 aliphatic rings. The minimum Gasteiger partial charge on any atom is -0.497 e. The SMILES string of the molecule is COc1ccc(C(C)=O)c(OCc2ccc(F)cc2F)c1. The van der Waals surface area contributed by atoms with E-state index >= 15 is 0 Å². The third-order valence-corrected chi connectivity index (χ3v) is 2.97. The first-order valence-corrected chi connectivity index (χ1v) is 6.27. The van der Waals surface area contributed by atoms with E-state index in [-0.39, 0.29) is 18.0 Å². The van der Waals surface area contributed by atoms with Crippen molar-refractivity contribution in [2.45, 2.75) is 13.5 Å². The lowest BCUT2D eigenvalue weighted by atomic mass is 10.1. The van der Waals surface area contributed by atoms with Gasteiger partial charge in [0, 0.05) is 17.7 Å². The highest BCUT2D eigenvalue weighted by atomic mass is 19.1. The molecule has 0 aromatic heterocycles. The van der Waals surface area contributed by atoms with Crippen LogP contribution in [-0.4, -0.2) is 12.9 Å². The van der Waals surface area contributed by atoms with E-state index in [1.165, 1.54) is 20.1 Å². The number of rotatable bonds is 5. The Morgan fingerprint density at radius 2 is 1.90 bits per heavy atom. The van der Waals surface area contributed by atoms with E-state index in [0.29, 0.717) is 17.1 Å². The Morgan fingerprint density at radius 1 is 1.14 bits per heavy atom. The van der Waals surface area contributed by atoms with Crippen LogP contribution in [0.3, 0.4) is 0 Å². The summed E-state index contributed by atoms with van der Waals surface area (Å²) in [6.07, 6.45) is 0. The Morgan fingerprint density at radius 3 is 2.52 bits per heavy atom. The molecule has 2 aromatic rings. The van der Waals surface area contributed by atoms with Gasteiger partial charge in [0.1, 0.15) is 29.7 Å². The molecule has 0 spiro atoms. The second kappa shape index (κ2) is 6.35. The van der Waals surface area contributed by atoms with Crippen molar-refractivity contribution in [3.63, 3.8) is 0 Å². The van der Waals surface area contributed by atoms with Crippen LogP contribution >= 0.6 is 0 Å². The summed E-state index contributed by atoms with van der Waals surface area (Å²) >= 11 is 0. The third-order valence-electron chi connectivity index (χ3n) is 2.97. The second-order valence-corrected chi connectivity index (χ2v) is 4.44. The zero-order valence-corrected chi connectivity index (χ0v) is 11.7. The zero-order valence-electron chi connectivity index (χ0n) is 11.7. The fourth-order valence-electron chi connectivity index (χ4n) is 1.83. The highest BCUT2D eigenvalue weighted by molar-refractivity contribution is 5.97. The molecule has 0 radical (unpaired) electrons. The van der Waals surface area contributed by atoms with Gasteiger partial charge in [-0.2, -0.15) is 0 Å². The predicted octanol–water partition coefficient (Wildman–Crippen LogP) is 3.76. The van der Waals surface area contributed by atoms with Gasteiger partial charge < -0.3 is 9.47 Å². The van der Waals surface area contributed by atoms with Crippen molar-refractivity contribution in [3.8, 4) is 11.5 Å². The highest BCUT2D eigenvalue weighted by Crippen LogP contribution is 2.26. The van der Waals surface area contributed by atoms with Crippen LogP contribution in [0.5, 0.6) is 11.5 Å². The van der Waals surface area contributed by atoms with Gasteiger partial charge in [0.05, 0.1) is 12.7 Å². The van der Waals surface area contributed by atoms with E-state index in [9.17, 15) is 13.6 Å². The molecule has 0 bridgehead atoms. The number of Topliss-reactive ketones (excluding diaryl/α,β-unsaturated/α-hetero) is 1. The van der Waals surface area contributed by atoms with E-state index in [4.69, 9.17) is 9.47 Å². The molecule has 0 heterocycles. The van der Waals surface area contributed by atoms with Crippen molar-refractivity contribution in [3.05, 3.63) is 59.2 Å². The number of carbonyl (C=O) groups excluding carboxylic acids is 1. The summed E-state index contributed by atoms with van der Waals surface area (Å²) in [5, 5.41) is 0. The lowest BCUT2D eigenvalue weighted by Gasteiger charge is -2.12. The first kappa shape index (κ1) is 15.0. The molecule has 0 saturated carbocycles. The van der Waals surface area contributed by atoms with Gasteiger partial charge in [-0.05, 0) is 31.2 Å². The van der Waals surface area contributed by atoms with Gasteiger partial charge in [-0.3, -0.25) is 4.79 Å². The maximum absolute atomic E-state index is 13.5. The fraction of sp³-hybridized carbons (Fsp3) is 0.188. The van der Waals surface area contributed by atoms with Gasteiger partial charge in [-0.25, -0.2) is 8.78 Å². The molecule has 0 unspecified atom stereocenters. The molecular weight excluding hydrogens is 278 g/mol. The average Bonchev–Trinajstić information content (AvgIpc) is 2.45. The zero-order chi connectivity index (χ0) is 15.4. The van der Waals surface area contributed by atoms with Gasteiger partial charge in [0.2, 0.25) is 0 Å². The number of halogens is 2. The van der Waals surface area contributed by atoms with Crippen molar-refractivity contribution < 1.29 is 23.0 Å². The summed E-state index contributed by atoms with van der Waals surface area (Å²) < 4.78 is 36.9. The second-order valence-electron chi connectivity index (χ2n) is 4.44. The Balaban J connectivity index is 2.24. The predicted molar refractivity (Wildman–Crippen MR) is 73.7 cm³/mol. The van der Waals surface area contributed by atoms with Crippen molar-refractivity contribution in [1.82, 2.24) is 0 Å². The number of ketones is 1. The van der Waals surface area contributed by atoms with Crippen molar-refractivity contribution in [1.29, 1.82) is 0 Å². The molecule has 110 valence electrons. The quantitative estimate of drug-likeness (QED) is 0.787. The van der Waals surface area contributed by atoms with Crippen LogP contribution in [0.25, 0.3) is 0 Å². The number of ether oxygens (including phenoxy) is 2. The Labute approximate surface area is 121 Å². The molecule has 0 aliphatic heterocycles. The van der Waals surface area contributed by atoms with Crippen LogP contribution < -0.4 is 9.47 Å². The lowest BCUT2D eigenvalue weighted by molar-refractivity contribution is 0.101. The van der Waals surface area contributed by atoms with Crippen LogP contribution in [0.4, 0.5) is 8.78 Å². The maximum atomic E-state index is 13.5. The molecule has 0 aliphatic carbocycles. The minimum atomic E-state index is -0.692. The number of methoxy groups -OCH3 is 1. The summed E-state index contributed by atoms with van der Waals surface area (Å²) in [6.45, 7) is 1.30. The summed E-state index contributed by atoms with van der Waals surface area (Å²) in [6, 6.07) is 8.02. The van der Waals surface area contributed by atoms with E-state index in [1.807, 2.05) is 0 Å². The van der Waals surface area contributed by atoms with Crippen LogP contribution in [0.1, 0.15) is 22.8 Å². The van der Waals surface area contributed by atoms with Crippen LogP contribution in [0.2, 0.25) is 0 Å². The van der Waals surface area contributed by atoms with Crippen molar-refractivity contribution in [2.24, 2.45) is 0 Å². The molecule has 0 N–H and O–H groups in total. The number of carbonyl (C=O) groups is 1. The molecule has 0 fully saturated rings. The first-order valence-electron chi connectivity index (χ1n) is 6.27. The minimum absolute atomic E-state index is 0.112. The summed E-state index contributed by atoms with van der Waals surface area (Å²) in [7, 11) is 1.49. The summed E-state index contributed by atoms with van der Waals surface area (Å²) in [5.41, 5.74) is 0.576. The molecule has 3 nitrogen and oxygen atoms in total. The monoisotopic (exact) mass is 292 g/mol. The van der Waals surface area contributed by atoms with Gasteiger partial charge in [0.25, 0.3) is 0 Å². The molecule has 5 heteroatoms. The Hall–Kier alpha value is -2.43. The Bertz CT molecular complexity index is 669. The van der Waals surface area contributed by atoms with Crippen molar-refractivity contribution in [2.75, 3.05) is 7.11 Å². The van der Waals surface area contributed by atoms with E-state index in [1.54, 1.807) is 18.2 Å². The Kier molecular flexibility index (Phi) is 4.52. The smallest absolute Gasteiger partial charge is 0.163 e. The van der Waals surface area contributed by atoms with Gasteiger partial charge in [-0.1, -0.05) is 0 Å². The third kappa shape index (κ3) is 3.56. The molecule has 0 amide bonds. The van der Waals surface area contributed by atoms with Crippen LogP contribution in [-0.2, 0) is 6.61 Å². The topological polar surface area (TPSA) is 35.5 Å². The van der Waals surface area contributed by atoms with Gasteiger partial charge in [-0.15, -0.1) is 0 Å². The molecule has 21 heavy (non-hydrogen) atoms. The molecule has 2 rings (SSSR count). The van der Waals surface area contributed by atoms with Gasteiger partial charge >= 0.3 is 0 Å². The number of hydrogen-bond donors (Lipinski definition) is 0. The summed E-state index contributed by atoms with van der Waals surface area (Å²) in [5.74, 6) is -0.697. The van der Waals surface area contributed by atoms with Crippen LogP contribution in [0.15, 0.2) is 36.4 Å². The molecular formula is C16H14F2O3. The van der Waals surface area contributed by atoms with E-state index in [0.717, 1.165) is 12.1 Å². The lowest BCUT2D eigenvalue weighted by Crippen LogP contribution is -2.03. The standard InChI is InChI=1S/C16H14F2O3/c1-10(19)14-6-5-13(20-2)8-16(14)21-9-11-3-4-12(17)7-15(11)18/h3-8H,9H2,1-2H3. The van der Waals surface area contributed by atoms with Gasteiger partial charge in [0.15, 0.2) is 5.78 Å². The van der Waals surface area contributed by atoms with E-state index < -0.39 is 11.6 Å². The first-order chi connectivity index (χ1) is 10.0.